The number of benzene rings is 2. The summed E-state index contributed by atoms with van der Waals surface area (Å²) in [6, 6.07) is 15.7. The zero-order valence-electron chi connectivity index (χ0n) is 9.76. The summed E-state index contributed by atoms with van der Waals surface area (Å²) < 4.78 is 0. The molecule has 1 unspecified atom stereocenters. The Kier molecular flexibility index (Phi) is 2.61. The fourth-order valence-electron chi connectivity index (χ4n) is 2.30. The van der Waals surface area contributed by atoms with Gasteiger partial charge in [0.25, 0.3) is 5.91 Å². The van der Waals surface area contributed by atoms with E-state index in [0.29, 0.717) is 5.56 Å². The molecule has 90 valence electrons. The fourth-order valence-corrected chi connectivity index (χ4v) is 2.30. The summed E-state index contributed by atoms with van der Waals surface area (Å²) >= 11 is 0. The Labute approximate surface area is 105 Å². The average Bonchev–Trinajstić information content (AvgIpc) is 2.69. The van der Waals surface area contributed by atoms with Crippen molar-refractivity contribution < 1.29 is 9.90 Å². The number of fused-ring (bicyclic) bond motifs is 1. The van der Waals surface area contributed by atoms with Crippen LogP contribution in [-0.4, -0.2) is 11.0 Å². The van der Waals surface area contributed by atoms with Gasteiger partial charge in [-0.1, -0.05) is 48.5 Å². The molecule has 2 aromatic carbocycles. The number of anilines is 1. The van der Waals surface area contributed by atoms with Gasteiger partial charge in [0.15, 0.2) is 6.10 Å². The van der Waals surface area contributed by atoms with Crippen LogP contribution < -0.4 is 5.32 Å². The minimum atomic E-state index is -1.03. The molecule has 0 saturated heterocycles. The summed E-state index contributed by atoms with van der Waals surface area (Å²) in [4.78, 5) is 11.5. The van der Waals surface area contributed by atoms with Crippen LogP contribution in [0.15, 0.2) is 48.5 Å². The van der Waals surface area contributed by atoms with E-state index < -0.39 is 6.10 Å². The monoisotopic (exact) mass is 239 g/mol. The van der Waals surface area contributed by atoms with Crippen molar-refractivity contribution in [2.45, 2.75) is 12.5 Å². The van der Waals surface area contributed by atoms with Crippen LogP contribution in [0.25, 0.3) is 0 Å². The highest BCUT2D eigenvalue weighted by molar-refractivity contribution is 6.02. The van der Waals surface area contributed by atoms with Gasteiger partial charge < -0.3 is 10.4 Å². The molecule has 0 aliphatic carbocycles. The normalized spacial score (nSPS) is 17.4. The van der Waals surface area contributed by atoms with Gasteiger partial charge in [0.05, 0.1) is 5.69 Å². The number of hydrogen-bond acceptors (Lipinski definition) is 2. The molecule has 0 fully saturated rings. The largest absolute Gasteiger partial charge is 0.378 e. The maximum absolute atomic E-state index is 11.5. The number of aliphatic hydroxyl groups excluding tert-OH is 1. The maximum Gasteiger partial charge on any atom is 0.257 e. The molecule has 0 radical (unpaired) electrons. The fraction of sp³-hybridized carbons (Fsp3) is 0.133. The molecule has 0 bridgehead atoms. The molecular formula is C15H13NO2. The lowest BCUT2D eigenvalue weighted by molar-refractivity contribution is -0.123. The van der Waals surface area contributed by atoms with Crippen molar-refractivity contribution in [1.29, 1.82) is 0 Å². The van der Waals surface area contributed by atoms with Gasteiger partial charge in [-0.15, -0.1) is 0 Å². The van der Waals surface area contributed by atoms with Crippen LogP contribution in [0.2, 0.25) is 0 Å². The lowest BCUT2D eigenvalue weighted by atomic mass is 10.00. The quantitative estimate of drug-likeness (QED) is 0.844. The second-order valence-corrected chi connectivity index (χ2v) is 4.44. The van der Waals surface area contributed by atoms with Gasteiger partial charge in [-0.3, -0.25) is 4.79 Å². The standard InChI is InChI=1S/C15H13NO2/c17-14-12-8-4-7-11(13(12)16-15(14)18)9-10-5-2-1-3-6-10/h1-8,14,17H,9H2,(H,16,18). The topological polar surface area (TPSA) is 49.3 Å². The number of carbonyl (C=O) groups is 1. The molecule has 0 aromatic heterocycles. The summed E-state index contributed by atoms with van der Waals surface area (Å²) in [5.41, 5.74) is 3.65. The highest BCUT2D eigenvalue weighted by atomic mass is 16.3. The molecule has 3 nitrogen and oxygen atoms in total. The highest BCUT2D eigenvalue weighted by Gasteiger charge is 2.29. The molecular weight excluding hydrogens is 226 g/mol. The van der Waals surface area contributed by atoms with Gasteiger partial charge in [-0.05, 0) is 17.5 Å². The van der Waals surface area contributed by atoms with E-state index in [-0.39, 0.29) is 5.91 Å². The molecule has 18 heavy (non-hydrogen) atoms. The lowest BCUT2D eigenvalue weighted by Gasteiger charge is -2.08. The first-order valence-electron chi connectivity index (χ1n) is 5.90. The first kappa shape index (κ1) is 11.0. The molecule has 0 saturated carbocycles. The molecule has 0 spiro atoms. The van der Waals surface area contributed by atoms with Crippen LogP contribution >= 0.6 is 0 Å². The van der Waals surface area contributed by atoms with Crippen LogP contribution in [0.5, 0.6) is 0 Å². The van der Waals surface area contributed by atoms with E-state index >= 15 is 0 Å². The average molecular weight is 239 g/mol. The molecule has 3 heteroatoms. The van der Waals surface area contributed by atoms with E-state index in [0.717, 1.165) is 17.7 Å². The number of rotatable bonds is 2. The second-order valence-electron chi connectivity index (χ2n) is 4.44. The van der Waals surface area contributed by atoms with E-state index in [1.54, 1.807) is 6.07 Å². The Bertz CT molecular complexity index is 593. The Morgan fingerprint density at radius 2 is 1.83 bits per heavy atom. The number of carbonyl (C=O) groups excluding carboxylic acids is 1. The maximum atomic E-state index is 11.5. The smallest absolute Gasteiger partial charge is 0.257 e. The van der Waals surface area contributed by atoms with Gasteiger partial charge in [0.2, 0.25) is 0 Å². The van der Waals surface area contributed by atoms with Gasteiger partial charge in [0, 0.05) is 5.56 Å². The molecule has 1 heterocycles. The van der Waals surface area contributed by atoms with Crippen molar-refractivity contribution in [1.82, 2.24) is 0 Å². The summed E-state index contributed by atoms with van der Waals surface area (Å²) in [7, 11) is 0. The second kappa shape index (κ2) is 4.27. The van der Waals surface area contributed by atoms with Gasteiger partial charge in [-0.25, -0.2) is 0 Å². The number of para-hydroxylation sites is 1. The summed E-state index contributed by atoms with van der Waals surface area (Å²) in [5.74, 6) is -0.342. The molecule has 3 rings (SSSR count). The predicted molar refractivity (Wildman–Crippen MR) is 69.3 cm³/mol. The lowest BCUT2D eigenvalue weighted by Crippen LogP contribution is -2.10. The Morgan fingerprint density at radius 1 is 1.06 bits per heavy atom. The first-order chi connectivity index (χ1) is 8.75. The van der Waals surface area contributed by atoms with Crippen LogP contribution in [0.1, 0.15) is 22.8 Å². The molecule has 1 aliphatic rings. The molecule has 2 aromatic rings. The summed E-state index contributed by atoms with van der Waals surface area (Å²) in [6.45, 7) is 0. The third kappa shape index (κ3) is 1.79. The van der Waals surface area contributed by atoms with Gasteiger partial charge in [0.1, 0.15) is 0 Å². The van der Waals surface area contributed by atoms with E-state index in [9.17, 15) is 9.90 Å². The van der Waals surface area contributed by atoms with Gasteiger partial charge >= 0.3 is 0 Å². The minimum Gasteiger partial charge on any atom is -0.378 e. The Morgan fingerprint density at radius 3 is 2.61 bits per heavy atom. The van der Waals surface area contributed by atoms with Crippen molar-refractivity contribution in [3.63, 3.8) is 0 Å². The first-order valence-corrected chi connectivity index (χ1v) is 5.90. The highest BCUT2D eigenvalue weighted by Crippen LogP contribution is 2.34. The van der Waals surface area contributed by atoms with Crippen molar-refractivity contribution in [3.05, 3.63) is 65.2 Å². The Balaban J connectivity index is 1.98. The predicted octanol–water partition coefficient (Wildman–Crippen LogP) is 2.26. The van der Waals surface area contributed by atoms with E-state index in [4.69, 9.17) is 0 Å². The third-order valence-electron chi connectivity index (χ3n) is 3.21. The van der Waals surface area contributed by atoms with Crippen LogP contribution in [-0.2, 0) is 11.2 Å². The van der Waals surface area contributed by atoms with Crippen molar-refractivity contribution in [3.8, 4) is 0 Å². The zero-order valence-corrected chi connectivity index (χ0v) is 9.76. The van der Waals surface area contributed by atoms with Crippen molar-refractivity contribution in [2.24, 2.45) is 0 Å². The number of amides is 1. The van der Waals surface area contributed by atoms with Crippen LogP contribution in [0.4, 0.5) is 5.69 Å². The zero-order chi connectivity index (χ0) is 12.5. The number of hydrogen-bond donors (Lipinski definition) is 2. The summed E-state index contributed by atoms with van der Waals surface area (Å²) in [6.07, 6.45) is -0.285. The van der Waals surface area contributed by atoms with Crippen molar-refractivity contribution >= 4 is 11.6 Å². The number of nitrogens with one attached hydrogen (secondary N) is 1. The Hall–Kier alpha value is -2.13. The van der Waals surface area contributed by atoms with Gasteiger partial charge in [-0.2, -0.15) is 0 Å². The van der Waals surface area contributed by atoms with E-state index in [1.165, 1.54) is 5.56 Å². The molecule has 1 amide bonds. The van der Waals surface area contributed by atoms with E-state index in [1.807, 2.05) is 42.5 Å². The minimum absolute atomic E-state index is 0.342. The SMILES string of the molecule is O=C1Nc2c(Cc3ccccc3)cccc2C1O. The molecule has 2 N–H and O–H groups in total. The van der Waals surface area contributed by atoms with E-state index in [2.05, 4.69) is 5.32 Å². The van der Waals surface area contributed by atoms with Crippen LogP contribution in [0.3, 0.4) is 0 Å². The summed E-state index contributed by atoms with van der Waals surface area (Å²) in [5, 5.41) is 12.5. The number of aliphatic hydroxyl groups is 1. The van der Waals surface area contributed by atoms with Crippen LogP contribution in [0, 0.1) is 0 Å². The molecule has 1 aliphatic heterocycles. The molecule has 1 atom stereocenters. The van der Waals surface area contributed by atoms with Crippen molar-refractivity contribution in [2.75, 3.05) is 5.32 Å². The third-order valence-corrected chi connectivity index (χ3v) is 3.21.